The van der Waals surface area contributed by atoms with Gasteiger partial charge >= 0.3 is 5.97 Å². The largest absolute Gasteiger partial charge is 0.467 e. The van der Waals surface area contributed by atoms with Crippen molar-refractivity contribution in [2.24, 2.45) is 0 Å². The lowest BCUT2D eigenvalue weighted by Gasteiger charge is -2.32. The summed E-state index contributed by atoms with van der Waals surface area (Å²) >= 11 is 9.40. The lowest BCUT2D eigenvalue weighted by molar-refractivity contribution is -0.146. The number of carbonyl (C=O) groups is 1. The van der Waals surface area contributed by atoms with E-state index in [1.54, 1.807) is 24.5 Å². The fourth-order valence-corrected chi connectivity index (χ4v) is 2.78. The van der Waals surface area contributed by atoms with Gasteiger partial charge in [0.2, 0.25) is 0 Å². The maximum absolute atomic E-state index is 12.5. The second kappa shape index (κ2) is 7.11. The molecule has 6 heteroatoms. The van der Waals surface area contributed by atoms with E-state index in [-0.39, 0.29) is 5.97 Å². The summed E-state index contributed by atoms with van der Waals surface area (Å²) in [6.07, 6.45) is 3.84. The molecule has 0 aliphatic heterocycles. The normalized spacial score (nSPS) is 13.3. The van der Waals surface area contributed by atoms with Crippen LogP contribution in [0.2, 0.25) is 5.02 Å². The van der Waals surface area contributed by atoms with Gasteiger partial charge in [0.05, 0.1) is 12.1 Å². The number of anilines is 1. The molecular formula is C16H16BrClN2O2. The van der Waals surface area contributed by atoms with Crippen molar-refractivity contribution in [3.05, 3.63) is 57.8 Å². The molecule has 0 saturated carbocycles. The van der Waals surface area contributed by atoms with Gasteiger partial charge in [0.15, 0.2) is 5.54 Å². The van der Waals surface area contributed by atoms with Gasteiger partial charge in [-0.15, -0.1) is 0 Å². The standard InChI is InChI=1S/C16H16BrClN2O2/c1-3-16(15(21)22-2,11-5-4-8-19-10-11)20-12-6-7-14(18)13(17)9-12/h4-10,20H,3H2,1-2H3. The van der Waals surface area contributed by atoms with Gasteiger partial charge < -0.3 is 10.1 Å². The summed E-state index contributed by atoms with van der Waals surface area (Å²) < 4.78 is 5.77. The fourth-order valence-electron chi connectivity index (χ4n) is 2.29. The quantitative estimate of drug-likeness (QED) is 0.778. The number of hydrogen-bond acceptors (Lipinski definition) is 4. The summed E-state index contributed by atoms with van der Waals surface area (Å²) in [4.78, 5) is 16.6. The third-order valence-electron chi connectivity index (χ3n) is 3.50. The van der Waals surface area contributed by atoms with Crippen LogP contribution in [0, 0.1) is 0 Å². The van der Waals surface area contributed by atoms with Crippen LogP contribution in [0.25, 0.3) is 0 Å². The Labute approximate surface area is 143 Å². The molecule has 0 aliphatic carbocycles. The molecule has 1 unspecified atom stereocenters. The lowest BCUT2D eigenvalue weighted by Crippen LogP contribution is -2.44. The number of ether oxygens (including phenoxy) is 1. The molecular weight excluding hydrogens is 368 g/mol. The predicted octanol–water partition coefficient (Wildman–Crippen LogP) is 4.39. The summed E-state index contributed by atoms with van der Waals surface area (Å²) in [5, 5.41) is 3.88. The van der Waals surface area contributed by atoms with Crippen LogP contribution in [0.15, 0.2) is 47.2 Å². The summed E-state index contributed by atoms with van der Waals surface area (Å²) in [5.41, 5.74) is 0.499. The van der Waals surface area contributed by atoms with Crippen LogP contribution in [0.1, 0.15) is 18.9 Å². The third-order valence-corrected chi connectivity index (χ3v) is 4.71. The number of methoxy groups -OCH3 is 1. The van der Waals surface area contributed by atoms with E-state index in [1.165, 1.54) is 7.11 Å². The smallest absolute Gasteiger partial charge is 0.336 e. The number of esters is 1. The van der Waals surface area contributed by atoms with E-state index in [1.807, 2.05) is 25.1 Å². The molecule has 0 saturated heterocycles. The van der Waals surface area contributed by atoms with E-state index in [4.69, 9.17) is 16.3 Å². The summed E-state index contributed by atoms with van der Waals surface area (Å²) in [6.45, 7) is 1.92. The first kappa shape index (κ1) is 16.8. The van der Waals surface area contributed by atoms with Gasteiger partial charge in [-0.3, -0.25) is 4.98 Å². The molecule has 0 bridgehead atoms. The van der Waals surface area contributed by atoms with Crippen LogP contribution in [0.4, 0.5) is 5.69 Å². The molecule has 0 aliphatic rings. The summed E-state index contributed by atoms with van der Waals surface area (Å²) in [7, 11) is 1.38. The number of benzene rings is 1. The number of nitrogens with zero attached hydrogens (tertiary/aromatic N) is 1. The van der Waals surface area contributed by atoms with Gasteiger partial charge in [-0.2, -0.15) is 0 Å². The van der Waals surface area contributed by atoms with E-state index >= 15 is 0 Å². The Kier molecular flexibility index (Phi) is 5.42. The number of aromatic nitrogens is 1. The summed E-state index contributed by atoms with van der Waals surface area (Å²) in [5.74, 6) is -0.367. The molecule has 4 nitrogen and oxygen atoms in total. The third kappa shape index (κ3) is 3.25. The molecule has 1 atom stereocenters. The minimum atomic E-state index is -1.00. The van der Waals surface area contributed by atoms with E-state index < -0.39 is 5.54 Å². The van der Waals surface area contributed by atoms with E-state index in [2.05, 4.69) is 26.2 Å². The highest BCUT2D eigenvalue weighted by Crippen LogP contribution is 2.33. The first-order valence-electron chi connectivity index (χ1n) is 6.75. The number of carbonyl (C=O) groups excluding carboxylic acids is 1. The molecule has 1 N–H and O–H groups in total. The van der Waals surface area contributed by atoms with Gasteiger partial charge in [0, 0.05) is 28.1 Å². The molecule has 22 heavy (non-hydrogen) atoms. The van der Waals surface area contributed by atoms with Gasteiger partial charge in [-0.25, -0.2) is 4.79 Å². The van der Waals surface area contributed by atoms with Crippen molar-refractivity contribution >= 4 is 39.2 Å². The Hall–Kier alpha value is -1.59. The average molecular weight is 384 g/mol. The predicted molar refractivity (Wildman–Crippen MR) is 91.0 cm³/mol. The Bertz CT molecular complexity index is 666. The van der Waals surface area contributed by atoms with Gasteiger partial charge in [0.25, 0.3) is 0 Å². The first-order valence-corrected chi connectivity index (χ1v) is 7.92. The molecule has 0 amide bonds. The van der Waals surface area contributed by atoms with Crippen LogP contribution in [-0.4, -0.2) is 18.1 Å². The highest BCUT2D eigenvalue weighted by molar-refractivity contribution is 9.10. The van der Waals surface area contributed by atoms with Gasteiger partial charge in [-0.1, -0.05) is 24.6 Å². The van der Waals surface area contributed by atoms with Crippen molar-refractivity contribution in [3.63, 3.8) is 0 Å². The lowest BCUT2D eigenvalue weighted by atomic mass is 9.88. The highest BCUT2D eigenvalue weighted by atomic mass is 79.9. The highest BCUT2D eigenvalue weighted by Gasteiger charge is 2.40. The molecule has 1 heterocycles. The SMILES string of the molecule is CCC(Nc1ccc(Cl)c(Br)c1)(C(=O)OC)c1cccnc1. The maximum Gasteiger partial charge on any atom is 0.336 e. The zero-order valence-corrected chi connectivity index (χ0v) is 14.6. The van der Waals surface area contributed by atoms with Crippen molar-refractivity contribution in [1.82, 2.24) is 4.98 Å². The number of rotatable bonds is 5. The fraction of sp³-hybridized carbons (Fsp3) is 0.250. The molecule has 0 radical (unpaired) electrons. The monoisotopic (exact) mass is 382 g/mol. The van der Waals surface area contributed by atoms with Crippen molar-refractivity contribution in [2.45, 2.75) is 18.9 Å². The van der Waals surface area contributed by atoms with Crippen molar-refractivity contribution in [2.75, 3.05) is 12.4 Å². The van der Waals surface area contributed by atoms with Crippen LogP contribution < -0.4 is 5.32 Å². The van der Waals surface area contributed by atoms with Crippen molar-refractivity contribution in [1.29, 1.82) is 0 Å². The van der Waals surface area contributed by atoms with Crippen molar-refractivity contribution in [3.8, 4) is 0 Å². The van der Waals surface area contributed by atoms with Gasteiger partial charge in [-0.05, 0) is 46.6 Å². The van der Waals surface area contributed by atoms with Crippen LogP contribution >= 0.6 is 27.5 Å². The van der Waals surface area contributed by atoms with E-state index in [0.717, 1.165) is 15.7 Å². The Morgan fingerprint density at radius 1 is 1.45 bits per heavy atom. The number of halogens is 2. The Morgan fingerprint density at radius 3 is 2.77 bits per heavy atom. The molecule has 116 valence electrons. The summed E-state index contributed by atoms with van der Waals surface area (Å²) in [6, 6.07) is 9.05. The molecule has 0 spiro atoms. The van der Waals surface area contributed by atoms with E-state index in [9.17, 15) is 4.79 Å². The Morgan fingerprint density at radius 2 is 2.23 bits per heavy atom. The molecule has 2 aromatic rings. The number of nitrogens with one attached hydrogen (secondary N) is 1. The first-order chi connectivity index (χ1) is 10.5. The molecule has 1 aromatic carbocycles. The number of pyridine rings is 1. The topological polar surface area (TPSA) is 51.2 Å². The minimum absolute atomic E-state index is 0.367. The number of hydrogen-bond donors (Lipinski definition) is 1. The zero-order valence-electron chi connectivity index (χ0n) is 12.3. The maximum atomic E-state index is 12.5. The van der Waals surface area contributed by atoms with Crippen LogP contribution in [0.3, 0.4) is 0 Å². The molecule has 2 rings (SSSR count). The second-order valence-electron chi connectivity index (χ2n) is 4.75. The molecule has 1 aromatic heterocycles. The van der Waals surface area contributed by atoms with Crippen molar-refractivity contribution < 1.29 is 9.53 Å². The Balaban J connectivity index is 2.48. The minimum Gasteiger partial charge on any atom is -0.467 e. The zero-order chi connectivity index (χ0) is 16.2. The van der Waals surface area contributed by atoms with Crippen LogP contribution in [0.5, 0.6) is 0 Å². The van der Waals surface area contributed by atoms with Crippen LogP contribution in [-0.2, 0) is 15.1 Å². The van der Waals surface area contributed by atoms with Gasteiger partial charge in [0.1, 0.15) is 0 Å². The average Bonchev–Trinajstić information content (AvgIpc) is 2.56. The second-order valence-corrected chi connectivity index (χ2v) is 6.01. The molecule has 0 fully saturated rings. The van der Waals surface area contributed by atoms with E-state index in [0.29, 0.717) is 11.4 Å².